The molecule has 1 aliphatic carbocycles. The van der Waals surface area contributed by atoms with Gasteiger partial charge < -0.3 is 0 Å². The van der Waals surface area contributed by atoms with Gasteiger partial charge in [-0.2, -0.15) is 0 Å². The molecule has 0 spiro atoms. The maximum atomic E-state index is 14.7. The quantitative estimate of drug-likeness (QED) is 0.494. The van der Waals surface area contributed by atoms with Crippen molar-refractivity contribution in [2.24, 2.45) is 10.8 Å². The third kappa shape index (κ3) is 4.45. The van der Waals surface area contributed by atoms with Gasteiger partial charge in [0.1, 0.15) is 5.82 Å². The zero-order valence-electron chi connectivity index (χ0n) is 17.6. The fourth-order valence-corrected chi connectivity index (χ4v) is 4.66. The fraction of sp³-hybridized carbons (Fsp3) is 0.520. The van der Waals surface area contributed by atoms with Crippen molar-refractivity contribution in [2.45, 2.75) is 72.6 Å². The van der Waals surface area contributed by atoms with Crippen LogP contribution in [0, 0.1) is 16.6 Å². The summed E-state index contributed by atoms with van der Waals surface area (Å²) in [6.45, 7) is 11.1. The van der Waals surface area contributed by atoms with Crippen molar-refractivity contribution >= 4 is 0 Å². The summed E-state index contributed by atoms with van der Waals surface area (Å²) < 4.78 is 41.2. The summed E-state index contributed by atoms with van der Waals surface area (Å²) in [6, 6.07) is 9.84. The van der Waals surface area contributed by atoms with Crippen LogP contribution in [0.3, 0.4) is 0 Å². The molecule has 1 fully saturated rings. The van der Waals surface area contributed by atoms with E-state index in [-0.39, 0.29) is 22.0 Å². The molecule has 1 atom stereocenters. The lowest BCUT2D eigenvalue weighted by atomic mass is 9.74. The number of benzene rings is 2. The van der Waals surface area contributed by atoms with E-state index in [0.29, 0.717) is 5.92 Å². The number of hydrogen-bond acceptors (Lipinski definition) is 0. The van der Waals surface area contributed by atoms with Gasteiger partial charge in [0.15, 0.2) is 0 Å². The molecule has 2 aromatic carbocycles. The highest BCUT2D eigenvalue weighted by atomic mass is 19.3. The molecule has 152 valence electrons. The molecule has 0 bridgehead atoms. The average Bonchev–Trinajstić information content (AvgIpc) is 2.93. The molecule has 0 aromatic heterocycles. The fourth-order valence-electron chi connectivity index (χ4n) is 4.66. The Kier molecular flexibility index (Phi) is 5.67. The maximum absolute atomic E-state index is 14.7. The predicted octanol–water partition coefficient (Wildman–Crippen LogP) is 8.31. The van der Waals surface area contributed by atoms with Gasteiger partial charge in [0.2, 0.25) is 0 Å². The zero-order valence-corrected chi connectivity index (χ0v) is 17.6. The monoisotopic (exact) mass is 388 g/mol. The molecule has 28 heavy (non-hydrogen) atoms. The van der Waals surface area contributed by atoms with Crippen molar-refractivity contribution in [3.63, 3.8) is 0 Å². The Balaban J connectivity index is 2.17. The molecule has 0 radical (unpaired) electrons. The molecular formula is C25H31F3. The molecule has 3 rings (SSSR count). The highest BCUT2D eigenvalue weighted by Gasteiger charge is 2.37. The molecule has 0 aliphatic heterocycles. The number of alkyl halides is 2. The second kappa shape index (κ2) is 7.57. The third-order valence-electron chi connectivity index (χ3n) is 6.02. The summed E-state index contributed by atoms with van der Waals surface area (Å²) in [4.78, 5) is 0. The lowest BCUT2D eigenvalue weighted by Gasteiger charge is -2.30. The molecule has 0 nitrogen and oxygen atoms in total. The van der Waals surface area contributed by atoms with Crippen LogP contribution >= 0.6 is 0 Å². The largest absolute Gasteiger partial charge is 0.263 e. The number of hydrogen-bond donors (Lipinski definition) is 0. The minimum Gasteiger partial charge on any atom is -0.206 e. The molecule has 0 unspecified atom stereocenters. The summed E-state index contributed by atoms with van der Waals surface area (Å²) in [5.74, 6) is -0.137. The van der Waals surface area contributed by atoms with Crippen molar-refractivity contribution in [3.8, 4) is 11.1 Å². The van der Waals surface area contributed by atoms with Crippen LogP contribution in [0.5, 0.6) is 0 Å². The van der Waals surface area contributed by atoms with E-state index in [1.807, 2.05) is 12.1 Å². The second-order valence-corrected chi connectivity index (χ2v) is 10.1. The second-order valence-electron chi connectivity index (χ2n) is 10.1. The van der Waals surface area contributed by atoms with E-state index in [4.69, 9.17) is 0 Å². The predicted molar refractivity (Wildman–Crippen MR) is 110 cm³/mol. The molecular weight excluding hydrogens is 357 g/mol. The average molecular weight is 389 g/mol. The van der Waals surface area contributed by atoms with Gasteiger partial charge in [0.05, 0.1) is 0 Å². The van der Waals surface area contributed by atoms with Crippen LogP contribution in [0.25, 0.3) is 11.1 Å². The maximum Gasteiger partial charge on any atom is 0.263 e. The van der Waals surface area contributed by atoms with Crippen LogP contribution in [0.1, 0.15) is 82.9 Å². The van der Waals surface area contributed by atoms with Crippen molar-refractivity contribution < 1.29 is 13.2 Å². The van der Waals surface area contributed by atoms with Gasteiger partial charge in [0.25, 0.3) is 6.43 Å². The molecule has 0 heterocycles. The number of halogens is 3. The van der Waals surface area contributed by atoms with E-state index in [9.17, 15) is 13.2 Å². The van der Waals surface area contributed by atoms with Crippen LogP contribution < -0.4 is 0 Å². The van der Waals surface area contributed by atoms with Gasteiger partial charge in [0, 0.05) is 11.1 Å². The van der Waals surface area contributed by atoms with Crippen LogP contribution in [0.4, 0.5) is 13.2 Å². The summed E-state index contributed by atoms with van der Waals surface area (Å²) >= 11 is 0. The first kappa shape index (κ1) is 21.0. The SMILES string of the molecule is CC(C)(C)Cc1ccc(-c2cc(C(F)F)ccc2F)c([C@H]2CCCC2(C)C)c1. The van der Waals surface area contributed by atoms with Crippen molar-refractivity contribution in [1.82, 2.24) is 0 Å². The van der Waals surface area contributed by atoms with E-state index in [1.54, 1.807) is 0 Å². The molecule has 2 aromatic rings. The molecule has 1 saturated carbocycles. The smallest absolute Gasteiger partial charge is 0.206 e. The van der Waals surface area contributed by atoms with Crippen molar-refractivity contribution in [2.75, 3.05) is 0 Å². The van der Waals surface area contributed by atoms with Crippen LogP contribution in [-0.2, 0) is 6.42 Å². The van der Waals surface area contributed by atoms with Gasteiger partial charge in [-0.1, -0.05) is 65.3 Å². The van der Waals surface area contributed by atoms with E-state index >= 15 is 0 Å². The Morgan fingerprint density at radius 3 is 2.32 bits per heavy atom. The van der Waals surface area contributed by atoms with E-state index in [1.165, 1.54) is 23.8 Å². The highest BCUT2D eigenvalue weighted by molar-refractivity contribution is 5.70. The van der Waals surface area contributed by atoms with Crippen molar-refractivity contribution in [1.29, 1.82) is 0 Å². The van der Waals surface area contributed by atoms with Crippen molar-refractivity contribution in [3.05, 3.63) is 58.9 Å². The lowest BCUT2D eigenvalue weighted by molar-refractivity contribution is 0.151. The summed E-state index contributed by atoms with van der Waals surface area (Å²) in [6.07, 6.45) is 1.63. The molecule has 0 N–H and O–H groups in total. The Morgan fingerprint density at radius 2 is 1.75 bits per heavy atom. The molecule has 1 aliphatic rings. The molecule has 0 amide bonds. The minimum atomic E-state index is -2.61. The summed E-state index contributed by atoms with van der Waals surface area (Å²) in [5.41, 5.74) is 3.51. The molecule has 0 saturated heterocycles. The lowest BCUT2D eigenvalue weighted by Crippen LogP contribution is -2.17. The third-order valence-corrected chi connectivity index (χ3v) is 6.02. The van der Waals surface area contributed by atoms with E-state index < -0.39 is 12.2 Å². The molecule has 3 heteroatoms. The van der Waals surface area contributed by atoms with Crippen LogP contribution in [0.15, 0.2) is 36.4 Å². The van der Waals surface area contributed by atoms with E-state index in [2.05, 4.69) is 40.7 Å². The van der Waals surface area contributed by atoms with Gasteiger partial charge >= 0.3 is 0 Å². The first-order chi connectivity index (χ1) is 13.0. The first-order valence-electron chi connectivity index (χ1n) is 10.2. The number of rotatable bonds is 4. The summed E-state index contributed by atoms with van der Waals surface area (Å²) in [7, 11) is 0. The van der Waals surface area contributed by atoms with Gasteiger partial charge in [-0.05, 0) is 64.8 Å². The Hall–Kier alpha value is -1.77. The minimum absolute atomic E-state index is 0.117. The first-order valence-corrected chi connectivity index (χ1v) is 10.2. The van der Waals surface area contributed by atoms with Crippen LogP contribution in [0.2, 0.25) is 0 Å². The van der Waals surface area contributed by atoms with Gasteiger partial charge in [-0.15, -0.1) is 0 Å². The summed E-state index contributed by atoms with van der Waals surface area (Å²) in [5, 5.41) is 0. The zero-order chi connectivity index (χ0) is 20.7. The topological polar surface area (TPSA) is 0 Å². The normalized spacial score (nSPS) is 19.4. The van der Waals surface area contributed by atoms with Gasteiger partial charge in [-0.3, -0.25) is 0 Å². The van der Waals surface area contributed by atoms with Gasteiger partial charge in [-0.25, -0.2) is 13.2 Å². The Morgan fingerprint density at radius 1 is 1.04 bits per heavy atom. The standard InChI is InChI=1S/C25H31F3/c1-24(2,3)15-16-8-10-18(19(13-16)21-7-6-12-25(21,4)5)20-14-17(23(27)28)9-11-22(20)26/h8-11,13-14,21,23H,6-7,12,15H2,1-5H3/t21-/m1/s1. The Labute approximate surface area is 167 Å². The van der Waals surface area contributed by atoms with E-state index in [0.717, 1.165) is 36.8 Å². The highest BCUT2D eigenvalue weighted by Crippen LogP contribution is 2.51. The van der Waals surface area contributed by atoms with Crippen LogP contribution in [-0.4, -0.2) is 0 Å². The Bertz CT molecular complexity index is 843.